The van der Waals surface area contributed by atoms with Gasteiger partial charge < -0.3 is 5.11 Å². The van der Waals surface area contributed by atoms with Crippen LogP contribution in [0.15, 0.2) is 42.6 Å². The first-order valence-electron chi connectivity index (χ1n) is 5.17. The Labute approximate surface area is 102 Å². The maximum Gasteiger partial charge on any atom is 0.315 e. The van der Waals surface area contributed by atoms with E-state index < -0.39 is 23.7 Å². The van der Waals surface area contributed by atoms with Crippen molar-refractivity contribution in [1.29, 1.82) is 0 Å². The standard InChI is InChI=1S/C13H9F2NO2/c14-10-4-1-8(2-5-10)12(13(17)18)9-3-6-11(15)16-7-9/h1-7,12H,(H,17,18). The molecule has 0 amide bonds. The van der Waals surface area contributed by atoms with Crippen LogP contribution in [0.5, 0.6) is 0 Å². The third-order valence-electron chi connectivity index (χ3n) is 2.53. The molecule has 0 radical (unpaired) electrons. The van der Waals surface area contributed by atoms with Crippen molar-refractivity contribution in [1.82, 2.24) is 4.98 Å². The number of benzene rings is 1. The number of hydrogen-bond acceptors (Lipinski definition) is 2. The SMILES string of the molecule is O=C(O)C(c1ccc(F)cc1)c1ccc(F)nc1. The molecule has 0 aliphatic rings. The van der Waals surface area contributed by atoms with E-state index in [0.29, 0.717) is 11.1 Å². The highest BCUT2D eigenvalue weighted by molar-refractivity contribution is 5.80. The molecule has 2 rings (SSSR count). The molecule has 1 unspecified atom stereocenters. The van der Waals surface area contributed by atoms with Crippen LogP contribution in [-0.2, 0) is 4.79 Å². The number of carbonyl (C=O) groups is 1. The van der Waals surface area contributed by atoms with Crippen LogP contribution >= 0.6 is 0 Å². The van der Waals surface area contributed by atoms with E-state index in [1.807, 2.05) is 0 Å². The predicted molar refractivity (Wildman–Crippen MR) is 60.1 cm³/mol. The van der Waals surface area contributed by atoms with Gasteiger partial charge in [0.15, 0.2) is 0 Å². The van der Waals surface area contributed by atoms with Gasteiger partial charge in [-0.15, -0.1) is 0 Å². The van der Waals surface area contributed by atoms with Crippen LogP contribution in [-0.4, -0.2) is 16.1 Å². The Morgan fingerprint density at radius 3 is 2.17 bits per heavy atom. The molecule has 18 heavy (non-hydrogen) atoms. The summed E-state index contributed by atoms with van der Waals surface area (Å²) in [6, 6.07) is 7.58. The molecule has 0 saturated carbocycles. The van der Waals surface area contributed by atoms with Crippen molar-refractivity contribution in [2.24, 2.45) is 0 Å². The van der Waals surface area contributed by atoms with Crippen LogP contribution in [0.25, 0.3) is 0 Å². The molecule has 0 fully saturated rings. The zero-order valence-corrected chi connectivity index (χ0v) is 9.18. The fourth-order valence-corrected chi connectivity index (χ4v) is 1.69. The molecule has 1 aromatic heterocycles. The van der Waals surface area contributed by atoms with Crippen LogP contribution in [0.3, 0.4) is 0 Å². The molecule has 0 aliphatic heterocycles. The first-order valence-corrected chi connectivity index (χ1v) is 5.17. The first-order chi connectivity index (χ1) is 8.58. The summed E-state index contributed by atoms with van der Waals surface area (Å²) in [5.74, 6) is -3.21. The van der Waals surface area contributed by atoms with Crippen LogP contribution < -0.4 is 0 Å². The Morgan fingerprint density at radius 1 is 1.06 bits per heavy atom. The zero-order valence-electron chi connectivity index (χ0n) is 9.18. The van der Waals surface area contributed by atoms with Crippen LogP contribution in [0, 0.1) is 11.8 Å². The Balaban J connectivity index is 2.43. The quantitative estimate of drug-likeness (QED) is 0.850. The minimum atomic E-state index is -1.10. The molecule has 1 N–H and O–H groups in total. The first kappa shape index (κ1) is 12.2. The number of pyridine rings is 1. The smallest absolute Gasteiger partial charge is 0.315 e. The molecule has 2 aromatic rings. The molecule has 0 aliphatic carbocycles. The van der Waals surface area contributed by atoms with E-state index in [1.54, 1.807) is 0 Å². The highest BCUT2D eigenvalue weighted by Crippen LogP contribution is 2.24. The minimum absolute atomic E-state index is 0.343. The molecular weight excluding hydrogens is 240 g/mol. The second-order valence-electron chi connectivity index (χ2n) is 3.74. The van der Waals surface area contributed by atoms with Crippen LogP contribution in [0.4, 0.5) is 8.78 Å². The molecule has 3 nitrogen and oxygen atoms in total. The number of rotatable bonds is 3. The normalized spacial score (nSPS) is 12.1. The second kappa shape index (κ2) is 4.91. The van der Waals surface area contributed by atoms with E-state index in [2.05, 4.69) is 4.98 Å². The molecule has 0 bridgehead atoms. The molecule has 1 atom stereocenters. The van der Waals surface area contributed by atoms with Crippen LogP contribution in [0.1, 0.15) is 17.0 Å². The van der Waals surface area contributed by atoms with Crippen molar-refractivity contribution in [3.8, 4) is 0 Å². The molecular formula is C13H9F2NO2. The number of carboxylic acid groups (broad SMARTS) is 1. The monoisotopic (exact) mass is 249 g/mol. The van der Waals surface area contributed by atoms with Crippen molar-refractivity contribution < 1.29 is 18.7 Å². The zero-order chi connectivity index (χ0) is 13.1. The van der Waals surface area contributed by atoms with E-state index in [1.165, 1.54) is 30.3 Å². The van der Waals surface area contributed by atoms with Crippen molar-refractivity contribution in [3.63, 3.8) is 0 Å². The van der Waals surface area contributed by atoms with Gasteiger partial charge in [-0.05, 0) is 29.3 Å². The summed E-state index contributed by atoms with van der Waals surface area (Å²) in [7, 11) is 0. The van der Waals surface area contributed by atoms with Crippen molar-refractivity contribution in [2.75, 3.05) is 0 Å². The molecule has 0 spiro atoms. The van der Waals surface area contributed by atoms with Crippen LogP contribution in [0.2, 0.25) is 0 Å². The molecule has 1 aromatic carbocycles. The lowest BCUT2D eigenvalue weighted by Gasteiger charge is -2.12. The third-order valence-corrected chi connectivity index (χ3v) is 2.53. The van der Waals surface area contributed by atoms with Crippen molar-refractivity contribution in [3.05, 3.63) is 65.5 Å². The topological polar surface area (TPSA) is 50.2 Å². The molecule has 0 saturated heterocycles. The lowest BCUT2D eigenvalue weighted by molar-refractivity contribution is -0.137. The third kappa shape index (κ3) is 2.51. The number of aromatic nitrogens is 1. The van der Waals surface area contributed by atoms with E-state index in [4.69, 9.17) is 0 Å². The Hall–Kier alpha value is -2.30. The van der Waals surface area contributed by atoms with Gasteiger partial charge in [0.05, 0.1) is 0 Å². The summed E-state index contributed by atoms with van der Waals surface area (Å²) in [6.45, 7) is 0. The van der Waals surface area contributed by atoms with E-state index in [9.17, 15) is 18.7 Å². The Bertz CT molecular complexity index is 507. The lowest BCUT2D eigenvalue weighted by atomic mass is 9.92. The summed E-state index contributed by atoms with van der Waals surface area (Å²) in [5.41, 5.74) is 0.757. The Morgan fingerprint density at radius 2 is 1.67 bits per heavy atom. The average molecular weight is 249 g/mol. The minimum Gasteiger partial charge on any atom is -0.481 e. The second-order valence-corrected chi connectivity index (χ2v) is 3.74. The van der Waals surface area contributed by atoms with Gasteiger partial charge >= 0.3 is 5.97 Å². The van der Waals surface area contributed by atoms with Crippen molar-refractivity contribution in [2.45, 2.75) is 5.92 Å². The molecule has 1 heterocycles. The van der Waals surface area contributed by atoms with Gasteiger partial charge in [-0.3, -0.25) is 4.79 Å². The Kier molecular flexibility index (Phi) is 3.32. The summed E-state index contributed by atoms with van der Waals surface area (Å²) in [6.07, 6.45) is 1.16. The van der Waals surface area contributed by atoms with E-state index in [0.717, 1.165) is 12.3 Å². The van der Waals surface area contributed by atoms with Gasteiger partial charge in [-0.25, -0.2) is 9.37 Å². The predicted octanol–water partition coefficient (Wildman–Crippen LogP) is 2.58. The number of hydrogen-bond donors (Lipinski definition) is 1. The van der Waals surface area contributed by atoms with Gasteiger partial charge in [0, 0.05) is 6.20 Å². The lowest BCUT2D eigenvalue weighted by Crippen LogP contribution is -2.13. The van der Waals surface area contributed by atoms with Gasteiger partial charge in [-0.2, -0.15) is 4.39 Å². The number of aliphatic carboxylic acids is 1. The van der Waals surface area contributed by atoms with E-state index >= 15 is 0 Å². The number of halogens is 2. The molecule has 92 valence electrons. The average Bonchev–Trinajstić information content (AvgIpc) is 2.34. The summed E-state index contributed by atoms with van der Waals surface area (Å²) in [4.78, 5) is 14.7. The highest BCUT2D eigenvalue weighted by Gasteiger charge is 2.22. The fourth-order valence-electron chi connectivity index (χ4n) is 1.69. The van der Waals surface area contributed by atoms with Gasteiger partial charge in [0.2, 0.25) is 5.95 Å². The van der Waals surface area contributed by atoms with Gasteiger partial charge in [0.1, 0.15) is 11.7 Å². The summed E-state index contributed by atoms with van der Waals surface area (Å²) in [5, 5.41) is 9.20. The molecule has 5 heteroatoms. The summed E-state index contributed by atoms with van der Waals surface area (Å²) >= 11 is 0. The highest BCUT2D eigenvalue weighted by atomic mass is 19.1. The fraction of sp³-hybridized carbons (Fsp3) is 0.0769. The number of carboxylic acids is 1. The maximum absolute atomic E-state index is 12.8. The van der Waals surface area contributed by atoms with E-state index in [-0.39, 0.29) is 0 Å². The number of nitrogens with zero attached hydrogens (tertiary/aromatic N) is 1. The summed E-state index contributed by atoms with van der Waals surface area (Å²) < 4.78 is 25.5. The van der Waals surface area contributed by atoms with Gasteiger partial charge in [0.25, 0.3) is 0 Å². The maximum atomic E-state index is 12.8. The van der Waals surface area contributed by atoms with Crippen molar-refractivity contribution >= 4 is 5.97 Å². The largest absolute Gasteiger partial charge is 0.481 e. The van der Waals surface area contributed by atoms with Gasteiger partial charge in [-0.1, -0.05) is 18.2 Å².